The second-order valence-electron chi connectivity index (χ2n) is 4.44. The number of phenols is 1. The second kappa shape index (κ2) is 6.40. The summed E-state index contributed by atoms with van der Waals surface area (Å²) in [5.41, 5.74) is 2.09. The zero-order valence-corrected chi connectivity index (χ0v) is 11.9. The van der Waals surface area contributed by atoms with Crippen LogP contribution in [0.15, 0.2) is 48.5 Å². The van der Waals surface area contributed by atoms with Crippen LogP contribution in [0.4, 0.5) is 0 Å². The van der Waals surface area contributed by atoms with E-state index in [0.29, 0.717) is 0 Å². The van der Waals surface area contributed by atoms with Gasteiger partial charge in [0, 0.05) is 0 Å². The van der Waals surface area contributed by atoms with Gasteiger partial charge in [-0.3, -0.25) is 4.79 Å². The van der Waals surface area contributed by atoms with Gasteiger partial charge in [0.25, 0.3) is 0 Å². The molecule has 0 radical (unpaired) electrons. The Balaban J connectivity index is 2.30. The summed E-state index contributed by atoms with van der Waals surface area (Å²) in [4.78, 5) is 12.2. The van der Waals surface area contributed by atoms with E-state index in [9.17, 15) is 9.90 Å². The molecular weight excluding hydrogens is 272 g/mol. The van der Waals surface area contributed by atoms with Gasteiger partial charge < -0.3 is 5.11 Å². The molecule has 3 heteroatoms. The van der Waals surface area contributed by atoms with Crippen LogP contribution in [0.3, 0.4) is 0 Å². The van der Waals surface area contributed by atoms with Crippen LogP contribution in [0.2, 0.25) is 5.02 Å². The SMILES string of the molecule is CCc1cc(Cl)c(O)c(C(=O)C=Cc2ccccc2)c1. The molecule has 0 aliphatic rings. The molecule has 0 amide bonds. The van der Waals surface area contributed by atoms with Crippen molar-refractivity contribution in [1.29, 1.82) is 0 Å². The number of phenolic OH excluding ortho intramolecular Hbond substituents is 1. The third-order valence-electron chi connectivity index (χ3n) is 3.02. The first-order chi connectivity index (χ1) is 9.61. The van der Waals surface area contributed by atoms with Gasteiger partial charge in [-0.15, -0.1) is 0 Å². The van der Waals surface area contributed by atoms with Gasteiger partial charge in [0.15, 0.2) is 5.78 Å². The van der Waals surface area contributed by atoms with Gasteiger partial charge in [0.2, 0.25) is 0 Å². The summed E-state index contributed by atoms with van der Waals surface area (Å²) in [6, 6.07) is 12.9. The maximum absolute atomic E-state index is 12.2. The zero-order valence-electron chi connectivity index (χ0n) is 11.1. The maximum Gasteiger partial charge on any atom is 0.189 e. The summed E-state index contributed by atoms with van der Waals surface area (Å²) in [6.07, 6.45) is 3.91. The molecule has 2 aromatic carbocycles. The summed E-state index contributed by atoms with van der Waals surface area (Å²) in [7, 11) is 0. The number of carbonyl (C=O) groups is 1. The average molecular weight is 287 g/mol. The quantitative estimate of drug-likeness (QED) is 0.663. The molecule has 0 aromatic heterocycles. The van der Waals surface area contributed by atoms with Crippen molar-refractivity contribution in [2.75, 3.05) is 0 Å². The number of ketones is 1. The van der Waals surface area contributed by atoms with Crippen molar-refractivity contribution >= 4 is 23.5 Å². The minimum absolute atomic E-state index is 0.161. The molecule has 0 saturated heterocycles. The third kappa shape index (κ3) is 3.28. The number of allylic oxidation sites excluding steroid dienone is 1. The zero-order chi connectivity index (χ0) is 14.5. The van der Waals surface area contributed by atoms with E-state index in [2.05, 4.69) is 0 Å². The van der Waals surface area contributed by atoms with Gasteiger partial charge in [-0.25, -0.2) is 0 Å². The van der Waals surface area contributed by atoms with Crippen molar-refractivity contribution < 1.29 is 9.90 Å². The van der Waals surface area contributed by atoms with E-state index in [1.807, 2.05) is 37.3 Å². The van der Waals surface area contributed by atoms with Crippen molar-refractivity contribution in [2.24, 2.45) is 0 Å². The molecule has 2 nitrogen and oxygen atoms in total. The molecule has 0 aliphatic carbocycles. The Kier molecular flexibility index (Phi) is 4.59. The summed E-state index contributed by atoms with van der Waals surface area (Å²) in [5.74, 6) is -0.421. The Labute approximate surface area is 123 Å². The van der Waals surface area contributed by atoms with Gasteiger partial charge in [-0.1, -0.05) is 54.9 Å². The van der Waals surface area contributed by atoms with Crippen LogP contribution in [-0.4, -0.2) is 10.9 Å². The predicted octanol–water partition coefficient (Wildman–Crippen LogP) is 4.50. The molecule has 2 rings (SSSR count). The van der Waals surface area contributed by atoms with E-state index in [-0.39, 0.29) is 22.1 Å². The van der Waals surface area contributed by atoms with Crippen molar-refractivity contribution in [3.63, 3.8) is 0 Å². The van der Waals surface area contributed by atoms with E-state index >= 15 is 0 Å². The van der Waals surface area contributed by atoms with Crippen LogP contribution >= 0.6 is 11.6 Å². The molecule has 0 atom stereocenters. The van der Waals surface area contributed by atoms with E-state index in [1.165, 1.54) is 6.08 Å². The summed E-state index contributed by atoms with van der Waals surface area (Å²) >= 11 is 5.93. The lowest BCUT2D eigenvalue weighted by molar-refractivity contribution is 0.104. The fraction of sp³-hybridized carbons (Fsp3) is 0.118. The minimum Gasteiger partial charge on any atom is -0.506 e. The Morgan fingerprint density at radius 2 is 1.95 bits per heavy atom. The minimum atomic E-state index is -0.261. The molecule has 1 N–H and O–H groups in total. The van der Waals surface area contributed by atoms with Crippen LogP contribution in [0, 0.1) is 0 Å². The molecule has 0 bridgehead atoms. The first kappa shape index (κ1) is 14.4. The predicted molar refractivity (Wildman–Crippen MR) is 82.3 cm³/mol. The van der Waals surface area contributed by atoms with Gasteiger partial charge in [-0.05, 0) is 35.8 Å². The standard InChI is InChI=1S/C17H15ClO2/c1-2-12-10-14(17(20)15(18)11-12)16(19)9-8-13-6-4-3-5-7-13/h3-11,20H,2H2,1H3. The lowest BCUT2D eigenvalue weighted by Crippen LogP contribution is -1.97. The fourth-order valence-corrected chi connectivity index (χ4v) is 2.11. The highest BCUT2D eigenvalue weighted by Gasteiger charge is 2.13. The second-order valence-corrected chi connectivity index (χ2v) is 4.84. The Bertz CT molecular complexity index is 646. The van der Waals surface area contributed by atoms with Crippen molar-refractivity contribution in [1.82, 2.24) is 0 Å². The van der Waals surface area contributed by atoms with Crippen molar-refractivity contribution in [3.8, 4) is 5.75 Å². The largest absolute Gasteiger partial charge is 0.506 e. The Hall–Kier alpha value is -2.06. The summed E-state index contributed by atoms with van der Waals surface area (Å²) < 4.78 is 0. The maximum atomic E-state index is 12.2. The number of hydrogen-bond acceptors (Lipinski definition) is 2. The smallest absolute Gasteiger partial charge is 0.189 e. The molecule has 102 valence electrons. The topological polar surface area (TPSA) is 37.3 Å². The highest BCUT2D eigenvalue weighted by molar-refractivity contribution is 6.33. The summed E-state index contributed by atoms with van der Waals surface area (Å²) in [5, 5.41) is 10.1. The summed E-state index contributed by atoms with van der Waals surface area (Å²) in [6.45, 7) is 1.97. The lowest BCUT2D eigenvalue weighted by Gasteiger charge is -2.06. The van der Waals surface area contributed by atoms with Crippen molar-refractivity contribution in [2.45, 2.75) is 13.3 Å². The molecule has 20 heavy (non-hydrogen) atoms. The number of aromatic hydroxyl groups is 1. The molecule has 0 spiro atoms. The molecule has 0 saturated carbocycles. The van der Waals surface area contributed by atoms with E-state index < -0.39 is 0 Å². The molecular formula is C17H15ClO2. The number of rotatable bonds is 4. The van der Waals surface area contributed by atoms with Crippen LogP contribution in [0.5, 0.6) is 5.75 Å². The fourth-order valence-electron chi connectivity index (χ4n) is 1.87. The number of hydrogen-bond donors (Lipinski definition) is 1. The normalized spacial score (nSPS) is 10.9. The highest BCUT2D eigenvalue weighted by atomic mass is 35.5. The van der Waals surface area contributed by atoms with Crippen LogP contribution in [0.1, 0.15) is 28.4 Å². The highest BCUT2D eigenvalue weighted by Crippen LogP contribution is 2.30. The van der Waals surface area contributed by atoms with E-state index in [1.54, 1.807) is 18.2 Å². The van der Waals surface area contributed by atoms with Gasteiger partial charge >= 0.3 is 0 Å². The van der Waals surface area contributed by atoms with Crippen molar-refractivity contribution in [3.05, 3.63) is 70.3 Å². The van der Waals surface area contributed by atoms with E-state index in [4.69, 9.17) is 11.6 Å². The first-order valence-electron chi connectivity index (χ1n) is 6.40. The number of halogens is 1. The lowest BCUT2D eigenvalue weighted by atomic mass is 10.0. The van der Waals surface area contributed by atoms with Gasteiger partial charge in [-0.2, -0.15) is 0 Å². The Morgan fingerprint density at radius 3 is 2.60 bits per heavy atom. The van der Waals surface area contributed by atoms with Gasteiger partial charge in [0.05, 0.1) is 10.6 Å². The van der Waals surface area contributed by atoms with Crippen LogP contribution in [-0.2, 0) is 6.42 Å². The first-order valence-corrected chi connectivity index (χ1v) is 6.78. The monoisotopic (exact) mass is 286 g/mol. The van der Waals surface area contributed by atoms with Crippen LogP contribution < -0.4 is 0 Å². The molecule has 0 heterocycles. The number of aryl methyl sites for hydroxylation is 1. The number of carbonyl (C=O) groups excluding carboxylic acids is 1. The average Bonchev–Trinajstić information content (AvgIpc) is 2.48. The number of benzene rings is 2. The van der Waals surface area contributed by atoms with E-state index in [0.717, 1.165) is 17.5 Å². The third-order valence-corrected chi connectivity index (χ3v) is 3.31. The molecule has 2 aromatic rings. The van der Waals surface area contributed by atoms with Gasteiger partial charge in [0.1, 0.15) is 5.75 Å². The molecule has 0 aliphatic heterocycles. The van der Waals surface area contributed by atoms with Crippen LogP contribution in [0.25, 0.3) is 6.08 Å². The molecule has 0 unspecified atom stereocenters. The Morgan fingerprint density at radius 1 is 1.25 bits per heavy atom. The molecule has 0 fully saturated rings.